The standard InChI is InChI=1S/C12H13IN2O3/c13-11-5-8(1-4-12(11)15(16)17)14-6-9-2-3-10(7-14)18-9/h1,4-5,9-10H,2-3,6-7H2. The van der Waals surface area contributed by atoms with Crippen molar-refractivity contribution in [1.29, 1.82) is 0 Å². The highest BCUT2D eigenvalue weighted by Crippen LogP contribution is 2.32. The second-order valence-corrected chi connectivity index (χ2v) is 5.92. The van der Waals surface area contributed by atoms with Gasteiger partial charge in [0, 0.05) is 24.8 Å². The molecule has 2 unspecified atom stereocenters. The lowest BCUT2D eigenvalue weighted by Crippen LogP contribution is -2.42. The van der Waals surface area contributed by atoms with Crippen molar-refractivity contribution in [1.82, 2.24) is 0 Å². The molecule has 1 aromatic rings. The molecule has 0 spiro atoms. The van der Waals surface area contributed by atoms with Crippen LogP contribution < -0.4 is 4.90 Å². The first kappa shape index (κ1) is 12.2. The van der Waals surface area contributed by atoms with E-state index in [4.69, 9.17) is 4.74 Å². The molecule has 0 radical (unpaired) electrons. The molecule has 3 rings (SSSR count). The Bertz CT molecular complexity index is 482. The van der Waals surface area contributed by atoms with E-state index in [1.165, 1.54) is 0 Å². The Morgan fingerprint density at radius 3 is 2.56 bits per heavy atom. The molecule has 2 bridgehead atoms. The van der Waals surface area contributed by atoms with Gasteiger partial charge in [0.15, 0.2) is 0 Å². The van der Waals surface area contributed by atoms with Gasteiger partial charge in [-0.3, -0.25) is 10.1 Å². The molecule has 96 valence electrons. The monoisotopic (exact) mass is 360 g/mol. The number of hydrogen-bond donors (Lipinski definition) is 0. The van der Waals surface area contributed by atoms with Crippen molar-refractivity contribution >= 4 is 34.0 Å². The van der Waals surface area contributed by atoms with Crippen molar-refractivity contribution in [3.63, 3.8) is 0 Å². The normalized spacial score (nSPS) is 26.4. The molecule has 2 heterocycles. The van der Waals surface area contributed by atoms with Gasteiger partial charge in [-0.15, -0.1) is 0 Å². The van der Waals surface area contributed by atoms with Crippen LogP contribution in [0.1, 0.15) is 12.8 Å². The quantitative estimate of drug-likeness (QED) is 0.462. The maximum atomic E-state index is 10.8. The summed E-state index contributed by atoms with van der Waals surface area (Å²) in [6.07, 6.45) is 2.92. The van der Waals surface area contributed by atoms with Crippen LogP contribution in [0.5, 0.6) is 0 Å². The maximum Gasteiger partial charge on any atom is 0.282 e. The van der Waals surface area contributed by atoms with E-state index >= 15 is 0 Å². The summed E-state index contributed by atoms with van der Waals surface area (Å²) in [5.41, 5.74) is 1.24. The van der Waals surface area contributed by atoms with Crippen molar-refractivity contribution in [2.24, 2.45) is 0 Å². The van der Waals surface area contributed by atoms with E-state index in [2.05, 4.69) is 4.90 Å². The lowest BCUT2D eigenvalue weighted by atomic mass is 10.2. The van der Waals surface area contributed by atoms with Gasteiger partial charge in [-0.1, -0.05) is 0 Å². The molecule has 0 saturated carbocycles. The third kappa shape index (κ3) is 2.18. The van der Waals surface area contributed by atoms with Gasteiger partial charge in [0.05, 0.1) is 20.7 Å². The molecule has 2 saturated heterocycles. The van der Waals surface area contributed by atoms with Gasteiger partial charge in [0.25, 0.3) is 5.69 Å². The zero-order chi connectivity index (χ0) is 12.7. The van der Waals surface area contributed by atoms with Gasteiger partial charge in [-0.05, 0) is 47.6 Å². The molecular formula is C12H13IN2O3. The Kier molecular flexibility index (Phi) is 3.14. The summed E-state index contributed by atoms with van der Waals surface area (Å²) >= 11 is 2.02. The molecule has 2 fully saturated rings. The van der Waals surface area contributed by atoms with Gasteiger partial charge < -0.3 is 9.64 Å². The number of nitrogens with zero attached hydrogens (tertiary/aromatic N) is 2. The van der Waals surface area contributed by atoms with Crippen molar-refractivity contribution in [3.8, 4) is 0 Å². The maximum absolute atomic E-state index is 10.8. The number of fused-ring (bicyclic) bond motifs is 2. The van der Waals surface area contributed by atoms with E-state index in [0.29, 0.717) is 15.8 Å². The van der Waals surface area contributed by atoms with Crippen LogP contribution in [-0.4, -0.2) is 30.2 Å². The molecule has 2 atom stereocenters. The summed E-state index contributed by atoms with van der Waals surface area (Å²) in [5.74, 6) is 0. The fourth-order valence-electron chi connectivity index (χ4n) is 2.67. The van der Waals surface area contributed by atoms with E-state index < -0.39 is 0 Å². The number of halogens is 1. The smallest absolute Gasteiger partial charge is 0.282 e. The molecule has 0 aliphatic carbocycles. The van der Waals surface area contributed by atoms with Crippen LogP contribution in [-0.2, 0) is 4.74 Å². The molecule has 5 nitrogen and oxygen atoms in total. The first-order chi connectivity index (χ1) is 8.63. The van der Waals surface area contributed by atoms with Crippen LogP contribution in [0.15, 0.2) is 18.2 Å². The minimum absolute atomic E-state index is 0.176. The highest BCUT2D eigenvalue weighted by atomic mass is 127. The molecular weight excluding hydrogens is 347 g/mol. The van der Waals surface area contributed by atoms with Gasteiger partial charge in [0.2, 0.25) is 0 Å². The van der Waals surface area contributed by atoms with Crippen LogP contribution in [0.25, 0.3) is 0 Å². The second kappa shape index (κ2) is 4.65. The predicted octanol–water partition coefficient (Wildman–Crippen LogP) is 2.57. The first-order valence-corrected chi connectivity index (χ1v) is 7.05. The number of benzene rings is 1. The largest absolute Gasteiger partial charge is 0.371 e. The summed E-state index contributed by atoms with van der Waals surface area (Å²) in [6.45, 7) is 1.79. The number of nitro groups is 1. The number of morpholine rings is 1. The van der Waals surface area contributed by atoms with Crippen LogP contribution in [0.2, 0.25) is 0 Å². The number of rotatable bonds is 2. The molecule has 2 aliphatic rings. The SMILES string of the molecule is O=[N+]([O-])c1ccc(N2CC3CCC(C2)O3)cc1I. The molecule has 0 aromatic heterocycles. The fraction of sp³-hybridized carbons (Fsp3) is 0.500. The van der Waals surface area contributed by atoms with Gasteiger partial charge in [0.1, 0.15) is 0 Å². The van der Waals surface area contributed by atoms with Crippen molar-refractivity contribution in [3.05, 3.63) is 31.9 Å². The van der Waals surface area contributed by atoms with Crippen molar-refractivity contribution in [2.75, 3.05) is 18.0 Å². The molecule has 6 heteroatoms. The lowest BCUT2D eigenvalue weighted by Gasteiger charge is -2.33. The Morgan fingerprint density at radius 2 is 2.00 bits per heavy atom. The summed E-state index contributed by atoms with van der Waals surface area (Å²) in [7, 11) is 0. The van der Waals surface area contributed by atoms with Gasteiger partial charge >= 0.3 is 0 Å². The minimum Gasteiger partial charge on any atom is -0.371 e. The molecule has 18 heavy (non-hydrogen) atoms. The van der Waals surface area contributed by atoms with E-state index in [9.17, 15) is 10.1 Å². The van der Waals surface area contributed by atoms with E-state index in [-0.39, 0.29) is 10.6 Å². The predicted molar refractivity (Wildman–Crippen MR) is 75.9 cm³/mol. The number of hydrogen-bond acceptors (Lipinski definition) is 4. The highest BCUT2D eigenvalue weighted by Gasteiger charge is 2.34. The third-order valence-electron chi connectivity index (χ3n) is 3.54. The molecule has 1 aromatic carbocycles. The lowest BCUT2D eigenvalue weighted by molar-refractivity contribution is -0.385. The zero-order valence-electron chi connectivity index (χ0n) is 9.71. The average molecular weight is 360 g/mol. The second-order valence-electron chi connectivity index (χ2n) is 4.76. The Labute approximate surface area is 118 Å². The van der Waals surface area contributed by atoms with Gasteiger partial charge in [-0.25, -0.2) is 0 Å². The van der Waals surface area contributed by atoms with Crippen LogP contribution in [0.3, 0.4) is 0 Å². The molecule has 2 aliphatic heterocycles. The van der Waals surface area contributed by atoms with Crippen LogP contribution in [0, 0.1) is 13.7 Å². The van der Waals surface area contributed by atoms with Crippen LogP contribution >= 0.6 is 22.6 Å². The average Bonchev–Trinajstić information content (AvgIpc) is 2.67. The topological polar surface area (TPSA) is 55.6 Å². The van der Waals surface area contributed by atoms with Crippen molar-refractivity contribution < 1.29 is 9.66 Å². The molecule has 0 amide bonds. The highest BCUT2D eigenvalue weighted by molar-refractivity contribution is 14.1. The van der Waals surface area contributed by atoms with Crippen LogP contribution in [0.4, 0.5) is 11.4 Å². The molecule has 0 N–H and O–H groups in total. The Balaban J connectivity index is 1.84. The number of nitro benzene ring substituents is 1. The number of anilines is 1. The number of ether oxygens (including phenoxy) is 1. The summed E-state index contributed by atoms with van der Waals surface area (Å²) in [4.78, 5) is 12.7. The van der Waals surface area contributed by atoms with Crippen molar-refractivity contribution in [2.45, 2.75) is 25.0 Å². The fourth-order valence-corrected chi connectivity index (χ4v) is 3.36. The third-order valence-corrected chi connectivity index (χ3v) is 4.40. The minimum atomic E-state index is -0.339. The van der Waals surface area contributed by atoms with Gasteiger partial charge in [-0.2, -0.15) is 0 Å². The summed E-state index contributed by atoms with van der Waals surface area (Å²) in [6, 6.07) is 5.32. The van der Waals surface area contributed by atoms with E-state index in [1.807, 2.05) is 34.7 Å². The van der Waals surface area contributed by atoms with E-state index in [0.717, 1.165) is 31.6 Å². The summed E-state index contributed by atoms with van der Waals surface area (Å²) in [5, 5.41) is 10.8. The summed E-state index contributed by atoms with van der Waals surface area (Å²) < 4.78 is 6.48. The first-order valence-electron chi connectivity index (χ1n) is 5.98. The zero-order valence-corrected chi connectivity index (χ0v) is 11.9. The van der Waals surface area contributed by atoms with E-state index in [1.54, 1.807) is 6.07 Å². The Hall–Kier alpha value is -0.890. The Morgan fingerprint density at radius 1 is 1.33 bits per heavy atom.